The van der Waals surface area contributed by atoms with E-state index in [0.717, 1.165) is 28.0 Å². The van der Waals surface area contributed by atoms with E-state index < -0.39 is 6.04 Å². The Morgan fingerprint density at radius 1 is 1.03 bits per heavy atom. The molecule has 2 aromatic heterocycles. The zero-order valence-corrected chi connectivity index (χ0v) is 18.6. The van der Waals surface area contributed by atoms with Crippen LogP contribution in [0.15, 0.2) is 89.5 Å². The molecule has 34 heavy (non-hydrogen) atoms. The van der Waals surface area contributed by atoms with Crippen molar-refractivity contribution in [2.24, 2.45) is 7.05 Å². The van der Waals surface area contributed by atoms with Gasteiger partial charge in [-0.15, -0.1) is 0 Å². The van der Waals surface area contributed by atoms with E-state index in [0.29, 0.717) is 18.1 Å². The minimum absolute atomic E-state index is 0.137. The molecule has 7 heteroatoms. The molecule has 0 aliphatic carbocycles. The number of aromatic nitrogens is 3. The number of amides is 1. The van der Waals surface area contributed by atoms with Crippen molar-refractivity contribution >= 4 is 16.9 Å². The normalized spacial score (nSPS) is 12.1. The highest BCUT2D eigenvalue weighted by atomic mass is 19.1. The van der Waals surface area contributed by atoms with E-state index in [4.69, 9.17) is 9.40 Å². The van der Waals surface area contributed by atoms with Crippen LogP contribution < -0.4 is 5.32 Å². The molecule has 1 atom stereocenters. The molecule has 3 aromatic carbocycles. The summed E-state index contributed by atoms with van der Waals surface area (Å²) in [6.45, 7) is 0. The van der Waals surface area contributed by atoms with Crippen LogP contribution in [0.25, 0.3) is 22.4 Å². The summed E-state index contributed by atoms with van der Waals surface area (Å²) in [5, 5.41) is 3.13. The molecule has 1 amide bonds. The first-order valence-electron chi connectivity index (χ1n) is 11.0. The maximum atomic E-state index is 13.2. The van der Waals surface area contributed by atoms with E-state index in [9.17, 15) is 9.18 Å². The first-order chi connectivity index (χ1) is 16.6. The van der Waals surface area contributed by atoms with E-state index in [2.05, 4.69) is 10.3 Å². The molecule has 0 aliphatic rings. The number of nitrogens with one attached hydrogen (secondary N) is 1. The van der Waals surface area contributed by atoms with Crippen molar-refractivity contribution < 1.29 is 13.6 Å². The van der Waals surface area contributed by atoms with Gasteiger partial charge >= 0.3 is 0 Å². The maximum absolute atomic E-state index is 13.2. The maximum Gasteiger partial charge on any atom is 0.221 e. The molecule has 2 heterocycles. The molecule has 1 unspecified atom stereocenters. The minimum atomic E-state index is -0.398. The van der Waals surface area contributed by atoms with E-state index >= 15 is 0 Å². The monoisotopic (exact) mass is 454 g/mol. The Labute approximate surface area is 196 Å². The number of imidazole rings is 1. The summed E-state index contributed by atoms with van der Waals surface area (Å²) in [7, 11) is 1.95. The van der Waals surface area contributed by atoms with Crippen LogP contribution in [-0.4, -0.2) is 20.4 Å². The molecule has 0 fully saturated rings. The van der Waals surface area contributed by atoms with Crippen molar-refractivity contribution in [1.29, 1.82) is 0 Å². The third kappa shape index (κ3) is 4.45. The summed E-state index contributed by atoms with van der Waals surface area (Å²) < 4.78 is 20.9. The Bertz CT molecular complexity index is 1420. The number of hydrogen-bond donors (Lipinski definition) is 1. The van der Waals surface area contributed by atoms with Gasteiger partial charge in [-0.2, -0.15) is 0 Å². The van der Waals surface area contributed by atoms with Crippen LogP contribution >= 0.6 is 0 Å². The van der Waals surface area contributed by atoms with Crippen LogP contribution in [0, 0.1) is 5.82 Å². The smallest absolute Gasteiger partial charge is 0.221 e. The molecule has 5 rings (SSSR count). The van der Waals surface area contributed by atoms with Gasteiger partial charge in [-0.1, -0.05) is 42.5 Å². The molecule has 1 N–H and O–H groups in total. The summed E-state index contributed by atoms with van der Waals surface area (Å²) in [6.07, 6.45) is 2.14. The number of aryl methyl sites for hydroxylation is 2. The number of fused-ring (bicyclic) bond motifs is 1. The van der Waals surface area contributed by atoms with Gasteiger partial charge in [-0.05, 0) is 42.0 Å². The lowest BCUT2D eigenvalue weighted by molar-refractivity contribution is -0.121. The quantitative estimate of drug-likeness (QED) is 0.367. The van der Waals surface area contributed by atoms with E-state index in [1.54, 1.807) is 18.3 Å². The third-order valence-corrected chi connectivity index (χ3v) is 5.77. The van der Waals surface area contributed by atoms with E-state index in [1.807, 2.05) is 66.2 Å². The third-order valence-electron chi connectivity index (χ3n) is 5.77. The van der Waals surface area contributed by atoms with Gasteiger partial charge in [-0.25, -0.2) is 14.4 Å². The number of rotatable bonds is 7. The number of hydrogen-bond acceptors (Lipinski definition) is 4. The molecule has 5 aromatic rings. The Morgan fingerprint density at radius 3 is 2.53 bits per heavy atom. The fraction of sp³-hybridized carbons (Fsp3) is 0.148. The van der Waals surface area contributed by atoms with Crippen LogP contribution in [0.5, 0.6) is 0 Å². The lowest BCUT2D eigenvalue weighted by atomic mass is 10.1. The zero-order chi connectivity index (χ0) is 23.5. The molecule has 0 spiro atoms. The number of oxazole rings is 1. The fourth-order valence-corrected chi connectivity index (χ4v) is 3.99. The highest BCUT2D eigenvalue weighted by molar-refractivity contribution is 5.78. The van der Waals surface area contributed by atoms with Gasteiger partial charge in [0.2, 0.25) is 5.91 Å². The van der Waals surface area contributed by atoms with Gasteiger partial charge in [0, 0.05) is 25.5 Å². The Balaban J connectivity index is 1.32. The first-order valence-corrected chi connectivity index (χ1v) is 11.0. The van der Waals surface area contributed by atoms with Crippen molar-refractivity contribution in [1.82, 2.24) is 19.9 Å². The molecule has 0 saturated heterocycles. The van der Waals surface area contributed by atoms with Crippen LogP contribution in [0.4, 0.5) is 4.39 Å². The highest BCUT2D eigenvalue weighted by Gasteiger charge is 2.23. The summed E-state index contributed by atoms with van der Waals surface area (Å²) in [6, 6.07) is 23.3. The molecule has 0 radical (unpaired) electrons. The summed E-state index contributed by atoms with van der Waals surface area (Å²) in [5.74, 6) is 1.30. The number of carbonyl (C=O) groups excluding carboxylic acids is 1. The number of carbonyl (C=O) groups is 1. The molecule has 6 nitrogen and oxygen atoms in total. The second kappa shape index (κ2) is 9.31. The standard InChI is InChI=1S/C27H23FN4O2/c1-32-22-10-6-5-9-21(22)30-27(32)26(19-7-3-2-4-8-19)31-24(33)15-16-25-29-17-23(34-25)18-11-13-20(28)14-12-18/h2-14,17,26H,15-16H2,1H3,(H,31,33). The van der Waals surface area contributed by atoms with Crippen molar-refractivity contribution in [3.63, 3.8) is 0 Å². The Kier molecular flexibility index (Phi) is 5.91. The van der Waals surface area contributed by atoms with Gasteiger partial charge in [0.05, 0.1) is 17.2 Å². The number of benzene rings is 3. The fourth-order valence-electron chi connectivity index (χ4n) is 3.99. The summed E-state index contributed by atoms with van der Waals surface area (Å²) in [4.78, 5) is 22.0. The highest BCUT2D eigenvalue weighted by Crippen LogP contribution is 2.25. The van der Waals surface area contributed by atoms with Gasteiger partial charge in [0.15, 0.2) is 11.7 Å². The molecular formula is C27H23FN4O2. The topological polar surface area (TPSA) is 73.0 Å². The largest absolute Gasteiger partial charge is 0.441 e. The molecular weight excluding hydrogens is 431 g/mol. The van der Waals surface area contributed by atoms with Crippen LogP contribution in [0.3, 0.4) is 0 Å². The van der Waals surface area contributed by atoms with Crippen molar-refractivity contribution in [3.8, 4) is 11.3 Å². The molecule has 0 bridgehead atoms. The molecule has 170 valence electrons. The van der Waals surface area contributed by atoms with Crippen LogP contribution in [0.1, 0.15) is 29.7 Å². The van der Waals surface area contributed by atoms with Gasteiger partial charge in [0.1, 0.15) is 17.7 Å². The summed E-state index contributed by atoms with van der Waals surface area (Å²) in [5.41, 5.74) is 3.56. The predicted molar refractivity (Wildman–Crippen MR) is 127 cm³/mol. The second-order valence-electron chi connectivity index (χ2n) is 8.05. The zero-order valence-electron chi connectivity index (χ0n) is 18.6. The number of para-hydroxylation sites is 2. The summed E-state index contributed by atoms with van der Waals surface area (Å²) >= 11 is 0. The minimum Gasteiger partial charge on any atom is -0.441 e. The first kappa shape index (κ1) is 21.6. The predicted octanol–water partition coefficient (Wildman–Crippen LogP) is 5.21. The lowest BCUT2D eigenvalue weighted by Crippen LogP contribution is -2.31. The average molecular weight is 455 g/mol. The SMILES string of the molecule is Cn1c(C(NC(=O)CCc2ncc(-c3ccc(F)cc3)o2)c2ccccc2)nc2ccccc21. The van der Waals surface area contributed by atoms with Crippen LogP contribution in [0.2, 0.25) is 0 Å². The van der Waals surface area contributed by atoms with Crippen LogP contribution in [-0.2, 0) is 18.3 Å². The number of halogens is 1. The average Bonchev–Trinajstić information content (AvgIpc) is 3.47. The van der Waals surface area contributed by atoms with Gasteiger partial charge in [-0.3, -0.25) is 4.79 Å². The van der Waals surface area contributed by atoms with E-state index in [1.165, 1.54) is 12.1 Å². The Morgan fingerprint density at radius 2 is 1.76 bits per heavy atom. The lowest BCUT2D eigenvalue weighted by Gasteiger charge is -2.19. The Hall–Kier alpha value is -4.26. The van der Waals surface area contributed by atoms with E-state index in [-0.39, 0.29) is 18.1 Å². The number of nitrogens with zero attached hydrogens (tertiary/aromatic N) is 3. The second-order valence-corrected chi connectivity index (χ2v) is 8.05. The van der Waals surface area contributed by atoms with Gasteiger partial charge in [0.25, 0.3) is 0 Å². The molecule has 0 aliphatic heterocycles. The van der Waals surface area contributed by atoms with Crippen molar-refractivity contribution in [3.05, 3.63) is 108 Å². The van der Waals surface area contributed by atoms with Crippen molar-refractivity contribution in [2.75, 3.05) is 0 Å². The molecule has 0 saturated carbocycles. The van der Waals surface area contributed by atoms with Crippen molar-refractivity contribution in [2.45, 2.75) is 18.9 Å². The van der Waals surface area contributed by atoms with Gasteiger partial charge < -0.3 is 14.3 Å².